The number of hydrogen-bond donors (Lipinski definition) is 1. The van der Waals surface area contributed by atoms with Gasteiger partial charge in [0.05, 0.1) is 11.7 Å². The Morgan fingerprint density at radius 3 is 2.02 bits per heavy atom. The van der Waals surface area contributed by atoms with E-state index in [1.54, 1.807) is 0 Å². The first-order valence-corrected chi connectivity index (χ1v) is 15.9. The van der Waals surface area contributed by atoms with Crippen molar-refractivity contribution in [3.63, 3.8) is 0 Å². The summed E-state index contributed by atoms with van der Waals surface area (Å²) >= 11 is 0. The normalized spacial score (nSPS) is 15.2. The average Bonchev–Trinajstić information content (AvgIpc) is 3.45. The first kappa shape index (κ1) is 25.3. The first-order valence-electron chi connectivity index (χ1n) is 15.9. The summed E-state index contributed by atoms with van der Waals surface area (Å²) in [6.07, 6.45) is 2.28. The standard InChI is InChI=1S/C44H28N2/c1-2-11-28(12-3-1)40-26-41(31-21-22-34-35-18-8-14-29-15-9-19-36(42(29)35)39(34)25-31)46-44(45-40)43-33-17-7-5-13-30(33)24-38-32-16-6-4-10-27(32)20-23-37(38)43/h1-26,40H,(H,45,46). The lowest BCUT2D eigenvalue weighted by atomic mass is 9.91. The van der Waals surface area contributed by atoms with E-state index in [2.05, 4.69) is 163 Å². The number of nitrogens with one attached hydrogen (secondary N) is 1. The molecule has 46 heavy (non-hydrogen) atoms. The van der Waals surface area contributed by atoms with Crippen molar-refractivity contribution in [3.8, 4) is 22.3 Å². The minimum absolute atomic E-state index is 0.0351. The van der Waals surface area contributed by atoms with Crippen molar-refractivity contribution in [1.82, 2.24) is 5.32 Å². The van der Waals surface area contributed by atoms with E-state index in [9.17, 15) is 0 Å². The van der Waals surface area contributed by atoms with E-state index < -0.39 is 0 Å². The minimum Gasteiger partial charge on any atom is -0.359 e. The van der Waals surface area contributed by atoms with Gasteiger partial charge in [-0.05, 0) is 89.1 Å². The molecule has 0 radical (unpaired) electrons. The SMILES string of the molecule is C1=C(c2ccc3c(c2)-c2cccc4cccc-3c24)N=C(c2c3ccccc3cc3c2ccc2ccccc23)NC1c1ccccc1. The summed E-state index contributed by atoms with van der Waals surface area (Å²) in [4.78, 5) is 5.47. The summed E-state index contributed by atoms with van der Waals surface area (Å²) in [6, 6.07) is 55.0. The lowest BCUT2D eigenvalue weighted by molar-refractivity contribution is 0.782. The molecule has 8 aromatic carbocycles. The molecule has 0 fully saturated rings. The van der Waals surface area contributed by atoms with Crippen LogP contribution in [0.25, 0.3) is 71.0 Å². The van der Waals surface area contributed by atoms with Gasteiger partial charge in [-0.1, -0.05) is 140 Å². The third kappa shape index (κ3) is 3.74. The quantitative estimate of drug-likeness (QED) is 0.162. The van der Waals surface area contributed by atoms with Crippen LogP contribution in [0.15, 0.2) is 163 Å². The second-order valence-corrected chi connectivity index (χ2v) is 12.4. The second-order valence-electron chi connectivity index (χ2n) is 12.4. The Hall–Kier alpha value is -5.99. The lowest BCUT2D eigenvalue weighted by Gasteiger charge is -2.26. The van der Waals surface area contributed by atoms with Crippen molar-refractivity contribution in [2.24, 2.45) is 4.99 Å². The topological polar surface area (TPSA) is 24.4 Å². The fourth-order valence-electron chi connectivity index (χ4n) is 7.69. The predicted molar refractivity (Wildman–Crippen MR) is 194 cm³/mol. The van der Waals surface area contributed by atoms with Gasteiger partial charge in [0.25, 0.3) is 0 Å². The van der Waals surface area contributed by atoms with E-state index in [-0.39, 0.29) is 6.04 Å². The van der Waals surface area contributed by atoms with Gasteiger partial charge in [0.1, 0.15) is 5.84 Å². The van der Waals surface area contributed by atoms with Crippen molar-refractivity contribution in [2.75, 3.05) is 0 Å². The van der Waals surface area contributed by atoms with Gasteiger partial charge in [-0.2, -0.15) is 0 Å². The van der Waals surface area contributed by atoms with Crippen LogP contribution in [0.3, 0.4) is 0 Å². The number of benzene rings is 8. The highest BCUT2D eigenvalue weighted by atomic mass is 15.0. The van der Waals surface area contributed by atoms with Crippen LogP contribution < -0.4 is 5.32 Å². The lowest BCUT2D eigenvalue weighted by Crippen LogP contribution is -2.31. The van der Waals surface area contributed by atoms with Gasteiger partial charge in [-0.25, -0.2) is 4.99 Å². The van der Waals surface area contributed by atoms with E-state index >= 15 is 0 Å². The van der Waals surface area contributed by atoms with E-state index in [0.717, 1.165) is 22.7 Å². The van der Waals surface area contributed by atoms with Crippen molar-refractivity contribution < 1.29 is 0 Å². The van der Waals surface area contributed by atoms with Crippen LogP contribution in [0.4, 0.5) is 0 Å². The predicted octanol–water partition coefficient (Wildman–Crippen LogP) is 11.1. The molecule has 1 aliphatic heterocycles. The van der Waals surface area contributed by atoms with E-state index in [1.807, 2.05) is 0 Å². The number of nitrogens with zero attached hydrogens (tertiary/aromatic N) is 1. The molecule has 1 aliphatic carbocycles. The van der Waals surface area contributed by atoms with Gasteiger partial charge in [0, 0.05) is 11.1 Å². The maximum absolute atomic E-state index is 5.47. The molecule has 214 valence electrons. The second kappa shape index (κ2) is 9.76. The van der Waals surface area contributed by atoms with E-state index in [1.165, 1.54) is 70.9 Å². The zero-order valence-corrected chi connectivity index (χ0v) is 25.0. The van der Waals surface area contributed by atoms with E-state index in [4.69, 9.17) is 4.99 Å². The van der Waals surface area contributed by atoms with Crippen molar-refractivity contribution in [1.29, 1.82) is 0 Å². The van der Waals surface area contributed by atoms with Crippen LogP contribution in [-0.2, 0) is 0 Å². The summed E-state index contributed by atoms with van der Waals surface area (Å²) < 4.78 is 0. The van der Waals surface area contributed by atoms with Gasteiger partial charge < -0.3 is 5.32 Å². The Morgan fingerprint density at radius 1 is 0.457 bits per heavy atom. The Bertz CT molecular complexity index is 2600. The van der Waals surface area contributed by atoms with Gasteiger partial charge in [-0.3, -0.25) is 0 Å². The summed E-state index contributed by atoms with van der Waals surface area (Å²) in [5, 5.41) is 13.9. The minimum atomic E-state index is -0.0351. The van der Waals surface area contributed by atoms with Crippen molar-refractivity contribution >= 4 is 54.6 Å². The Balaban J connectivity index is 1.22. The van der Waals surface area contributed by atoms with Gasteiger partial charge in [0.2, 0.25) is 0 Å². The molecule has 2 aliphatic rings. The molecule has 2 heteroatoms. The van der Waals surface area contributed by atoms with Crippen LogP contribution in [0, 0.1) is 0 Å². The molecule has 0 saturated heterocycles. The van der Waals surface area contributed by atoms with Crippen LogP contribution in [0.5, 0.6) is 0 Å². The van der Waals surface area contributed by atoms with Crippen LogP contribution in [-0.4, -0.2) is 5.84 Å². The van der Waals surface area contributed by atoms with Gasteiger partial charge in [-0.15, -0.1) is 0 Å². The molecule has 0 saturated carbocycles. The third-order valence-electron chi connectivity index (χ3n) is 9.81. The van der Waals surface area contributed by atoms with Crippen LogP contribution >= 0.6 is 0 Å². The fourth-order valence-corrected chi connectivity index (χ4v) is 7.69. The first-order chi connectivity index (χ1) is 22.8. The summed E-state index contributed by atoms with van der Waals surface area (Å²) in [7, 11) is 0. The highest BCUT2D eigenvalue weighted by molar-refractivity contribution is 6.25. The molecule has 10 rings (SSSR count). The molecule has 0 spiro atoms. The molecule has 1 heterocycles. The monoisotopic (exact) mass is 584 g/mol. The molecule has 1 N–H and O–H groups in total. The number of rotatable bonds is 3. The number of fused-ring (bicyclic) bond motifs is 7. The highest BCUT2D eigenvalue weighted by Crippen LogP contribution is 2.48. The molecule has 1 unspecified atom stereocenters. The molecule has 8 aromatic rings. The molecule has 0 amide bonds. The third-order valence-corrected chi connectivity index (χ3v) is 9.81. The largest absolute Gasteiger partial charge is 0.359 e. The zero-order valence-electron chi connectivity index (χ0n) is 25.0. The number of hydrogen-bond acceptors (Lipinski definition) is 2. The molecule has 1 atom stereocenters. The Labute approximate surface area is 267 Å². The maximum Gasteiger partial charge on any atom is 0.135 e. The smallest absolute Gasteiger partial charge is 0.135 e. The summed E-state index contributed by atoms with van der Waals surface area (Å²) in [6.45, 7) is 0. The Morgan fingerprint density at radius 2 is 1.17 bits per heavy atom. The maximum atomic E-state index is 5.47. The summed E-state index contributed by atoms with van der Waals surface area (Å²) in [5.74, 6) is 0.898. The van der Waals surface area contributed by atoms with Crippen molar-refractivity contribution in [3.05, 3.63) is 174 Å². The summed E-state index contributed by atoms with van der Waals surface area (Å²) in [5.41, 5.74) is 9.64. The van der Waals surface area contributed by atoms with Gasteiger partial charge in [0.15, 0.2) is 0 Å². The molecule has 2 nitrogen and oxygen atoms in total. The molecular weight excluding hydrogens is 556 g/mol. The van der Waals surface area contributed by atoms with Crippen LogP contribution in [0.2, 0.25) is 0 Å². The number of aliphatic imine (C=N–C) groups is 1. The van der Waals surface area contributed by atoms with Crippen LogP contribution in [0.1, 0.15) is 22.7 Å². The van der Waals surface area contributed by atoms with E-state index in [0.29, 0.717) is 0 Å². The Kier molecular flexibility index (Phi) is 5.38. The molecule has 0 bridgehead atoms. The fraction of sp³-hybridized carbons (Fsp3) is 0.0227. The van der Waals surface area contributed by atoms with Gasteiger partial charge >= 0.3 is 0 Å². The molecule has 0 aromatic heterocycles. The molecular formula is C44H28N2. The van der Waals surface area contributed by atoms with Crippen molar-refractivity contribution in [2.45, 2.75) is 6.04 Å². The highest BCUT2D eigenvalue weighted by Gasteiger charge is 2.25. The number of amidine groups is 1. The zero-order chi connectivity index (χ0) is 30.2. The average molecular weight is 585 g/mol.